The molecule has 2 amide bonds. The zero-order chi connectivity index (χ0) is 35.0. The predicted octanol–water partition coefficient (Wildman–Crippen LogP) is 8.97. The van der Waals surface area contributed by atoms with Crippen molar-refractivity contribution in [2.24, 2.45) is 0 Å². The van der Waals surface area contributed by atoms with Gasteiger partial charge in [-0.3, -0.25) is 14.5 Å². The molecular weight excluding hydrogens is 699 g/mol. The quantitative estimate of drug-likeness (QED) is 0.138. The molecule has 8 heteroatoms. The summed E-state index contributed by atoms with van der Waals surface area (Å²) in [5.74, 6) is 0.111. The van der Waals surface area contributed by atoms with Gasteiger partial charge in [-0.05, 0) is 96.4 Å². The van der Waals surface area contributed by atoms with Crippen LogP contribution in [0.4, 0.5) is 0 Å². The molecule has 5 aromatic carbocycles. The lowest BCUT2D eigenvalue weighted by atomic mass is 9.93. The Morgan fingerprint density at radius 3 is 2.19 bits per heavy atom. The first-order chi connectivity index (χ1) is 25.0. The van der Waals surface area contributed by atoms with Gasteiger partial charge in [0.15, 0.2) is 0 Å². The van der Waals surface area contributed by atoms with Gasteiger partial charge in [-0.15, -0.1) is 24.8 Å². The largest absolute Gasteiger partial charge is 0.351 e. The number of hydrogen-bond acceptors (Lipinski definition) is 4. The molecule has 2 fully saturated rings. The van der Waals surface area contributed by atoms with Crippen molar-refractivity contribution in [3.63, 3.8) is 0 Å². The van der Waals surface area contributed by atoms with Crippen LogP contribution in [0.3, 0.4) is 0 Å². The molecule has 0 radical (unpaired) electrons. The van der Waals surface area contributed by atoms with Crippen LogP contribution in [0.5, 0.6) is 0 Å². The second kappa shape index (κ2) is 19.2. The number of benzene rings is 5. The van der Waals surface area contributed by atoms with E-state index in [4.69, 9.17) is 0 Å². The van der Waals surface area contributed by atoms with Gasteiger partial charge in [0.05, 0.1) is 12.5 Å². The predicted molar refractivity (Wildman–Crippen MR) is 222 cm³/mol. The minimum Gasteiger partial charge on any atom is -0.351 e. The fourth-order valence-electron chi connectivity index (χ4n) is 8.04. The van der Waals surface area contributed by atoms with E-state index in [9.17, 15) is 9.59 Å². The van der Waals surface area contributed by atoms with Crippen molar-refractivity contribution in [3.05, 3.63) is 144 Å². The SMILES string of the molecule is CC(c1cccc(-c2ccccc2C(=O)NCCN2CCCC2)c1)N(C(=O)Cc1ccc2ccccc2c1)C1CCN(Cc2ccccc2)CC1.Cl.Cl. The van der Waals surface area contributed by atoms with Crippen LogP contribution in [0.1, 0.15) is 65.7 Å². The second-order valence-corrected chi connectivity index (χ2v) is 14.3. The van der Waals surface area contributed by atoms with Crippen molar-refractivity contribution in [1.29, 1.82) is 0 Å². The zero-order valence-corrected chi connectivity index (χ0v) is 32.3. The molecule has 2 aliphatic rings. The maximum absolute atomic E-state index is 14.5. The number of carbonyl (C=O) groups is 2. The highest BCUT2D eigenvalue weighted by Gasteiger charge is 2.32. The average Bonchev–Trinajstić information content (AvgIpc) is 3.70. The number of halogens is 2. The Bertz CT molecular complexity index is 1940. The van der Waals surface area contributed by atoms with Crippen molar-refractivity contribution in [2.45, 2.75) is 57.7 Å². The lowest BCUT2D eigenvalue weighted by Crippen LogP contribution is -2.48. The van der Waals surface area contributed by atoms with Crippen molar-refractivity contribution < 1.29 is 9.59 Å². The standard InChI is InChI=1S/C45H50N4O2.2ClH/c1-34(38-16-11-17-40(32-38)42-18-7-8-19-43(42)45(51)46-24-29-47-25-9-10-26-47)49(41-22-27-48(28-23-41)33-35-12-3-2-4-13-35)44(50)31-36-20-21-37-14-5-6-15-39(37)30-36;;/h2-8,11-21,30,32,34,41H,9-10,22-29,31,33H2,1H3,(H,46,51);2*1H. The molecule has 5 aromatic rings. The van der Waals surface area contributed by atoms with E-state index in [1.807, 2.05) is 24.3 Å². The van der Waals surface area contributed by atoms with Crippen LogP contribution in [-0.2, 0) is 17.8 Å². The molecule has 278 valence electrons. The Kier molecular flexibility index (Phi) is 14.5. The highest BCUT2D eigenvalue weighted by Crippen LogP contribution is 2.33. The van der Waals surface area contributed by atoms with Crippen LogP contribution in [-0.4, -0.2) is 71.8 Å². The molecule has 0 bridgehead atoms. The first kappa shape index (κ1) is 40.0. The normalized spacial score (nSPS) is 15.6. The second-order valence-electron chi connectivity index (χ2n) is 14.3. The molecule has 7 rings (SSSR count). The van der Waals surface area contributed by atoms with Crippen LogP contribution in [0.25, 0.3) is 21.9 Å². The fraction of sp³-hybridized carbons (Fsp3) is 0.333. The monoisotopic (exact) mass is 750 g/mol. The van der Waals surface area contributed by atoms with Gasteiger partial charge in [-0.2, -0.15) is 0 Å². The maximum atomic E-state index is 14.5. The van der Waals surface area contributed by atoms with Crippen molar-refractivity contribution >= 4 is 47.4 Å². The zero-order valence-electron chi connectivity index (χ0n) is 30.7. The van der Waals surface area contributed by atoms with E-state index in [1.54, 1.807) is 0 Å². The summed E-state index contributed by atoms with van der Waals surface area (Å²) in [7, 11) is 0. The average molecular weight is 752 g/mol. The highest BCUT2D eigenvalue weighted by atomic mass is 35.5. The number of nitrogens with one attached hydrogen (secondary N) is 1. The minimum absolute atomic E-state index is 0. The van der Waals surface area contributed by atoms with Crippen LogP contribution < -0.4 is 5.32 Å². The summed E-state index contributed by atoms with van der Waals surface area (Å²) in [5.41, 5.74) is 6.02. The first-order valence-corrected chi connectivity index (χ1v) is 18.8. The summed E-state index contributed by atoms with van der Waals surface area (Å²) in [6.07, 6.45) is 4.71. The maximum Gasteiger partial charge on any atom is 0.251 e. The van der Waals surface area contributed by atoms with Gasteiger partial charge in [0.1, 0.15) is 0 Å². The lowest BCUT2D eigenvalue weighted by molar-refractivity contribution is -0.136. The Morgan fingerprint density at radius 2 is 1.42 bits per heavy atom. The lowest BCUT2D eigenvalue weighted by Gasteiger charge is -2.42. The molecule has 2 saturated heterocycles. The van der Waals surface area contributed by atoms with Gasteiger partial charge in [-0.25, -0.2) is 0 Å². The molecule has 53 heavy (non-hydrogen) atoms. The first-order valence-electron chi connectivity index (χ1n) is 18.8. The Hall–Kier alpha value is -4.20. The number of hydrogen-bond donors (Lipinski definition) is 1. The van der Waals surface area contributed by atoms with E-state index < -0.39 is 0 Å². The van der Waals surface area contributed by atoms with E-state index in [0.29, 0.717) is 18.5 Å². The molecule has 0 saturated carbocycles. The third-order valence-electron chi connectivity index (χ3n) is 10.8. The number of amides is 2. The minimum atomic E-state index is -0.134. The molecule has 1 N–H and O–H groups in total. The van der Waals surface area contributed by atoms with Gasteiger partial charge in [0.2, 0.25) is 5.91 Å². The Balaban J connectivity index is 0.00000271. The third kappa shape index (κ3) is 10.1. The third-order valence-corrected chi connectivity index (χ3v) is 10.8. The fourth-order valence-corrected chi connectivity index (χ4v) is 8.04. The summed E-state index contributed by atoms with van der Waals surface area (Å²) >= 11 is 0. The molecule has 0 spiro atoms. The summed E-state index contributed by atoms with van der Waals surface area (Å²) in [5, 5.41) is 5.50. The van der Waals surface area contributed by atoms with Gasteiger partial charge in [-0.1, -0.05) is 109 Å². The van der Waals surface area contributed by atoms with Crippen LogP contribution >= 0.6 is 24.8 Å². The highest BCUT2D eigenvalue weighted by molar-refractivity contribution is 6.01. The van der Waals surface area contributed by atoms with Crippen molar-refractivity contribution in [1.82, 2.24) is 20.0 Å². The number of fused-ring (bicyclic) bond motifs is 1. The molecule has 2 heterocycles. The van der Waals surface area contributed by atoms with Gasteiger partial charge >= 0.3 is 0 Å². The van der Waals surface area contributed by atoms with E-state index in [1.165, 1.54) is 23.8 Å². The van der Waals surface area contributed by atoms with E-state index in [-0.39, 0.29) is 48.7 Å². The van der Waals surface area contributed by atoms with E-state index in [2.05, 4.69) is 124 Å². The summed E-state index contributed by atoms with van der Waals surface area (Å²) in [6, 6.07) is 41.7. The summed E-state index contributed by atoms with van der Waals surface area (Å²) in [6.45, 7) is 8.76. The molecule has 0 aromatic heterocycles. The summed E-state index contributed by atoms with van der Waals surface area (Å²) in [4.78, 5) is 35.0. The molecule has 1 atom stereocenters. The van der Waals surface area contributed by atoms with E-state index >= 15 is 0 Å². The molecule has 0 aliphatic carbocycles. The van der Waals surface area contributed by atoms with E-state index in [0.717, 1.165) is 79.8 Å². The number of carbonyl (C=O) groups excluding carboxylic acids is 2. The van der Waals surface area contributed by atoms with Crippen LogP contribution in [0, 0.1) is 0 Å². The summed E-state index contributed by atoms with van der Waals surface area (Å²) < 4.78 is 0. The number of nitrogens with zero attached hydrogens (tertiary/aromatic N) is 3. The number of likely N-dealkylation sites (tertiary alicyclic amines) is 2. The van der Waals surface area contributed by atoms with Crippen molar-refractivity contribution in [2.75, 3.05) is 39.3 Å². The Morgan fingerprint density at radius 1 is 0.717 bits per heavy atom. The van der Waals surface area contributed by atoms with Gasteiger partial charge in [0.25, 0.3) is 5.91 Å². The number of piperidine rings is 1. The topological polar surface area (TPSA) is 55.9 Å². The molecular formula is C45H52Cl2N4O2. The molecule has 2 aliphatic heterocycles. The van der Waals surface area contributed by atoms with Gasteiger partial charge in [0, 0.05) is 44.3 Å². The van der Waals surface area contributed by atoms with Crippen LogP contribution in [0.2, 0.25) is 0 Å². The smallest absolute Gasteiger partial charge is 0.251 e. The molecule has 6 nitrogen and oxygen atoms in total. The number of rotatable bonds is 12. The van der Waals surface area contributed by atoms with Gasteiger partial charge < -0.3 is 15.1 Å². The Labute approximate surface area is 327 Å². The van der Waals surface area contributed by atoms with Crippen molar-refractivity contribution in [3.8, 4) is 11.1 Å². The van der Waals surface area contributed by atoms with Crippen LogP contribution in [0.15, 0.2) is 121 Å². The molecule has 1 unspecified atom stereocenters.